The van der Waals surface area contributed by atoms with Gasteiger partial charge >= 0.3 is 5.97 Å². The van der Waals surface area contributed by atoms with Gasteiger partial charge in [0.1, 0.15) is 12.4 Å². The van der Waals surface area contributed by atoms with Crippen molar-refractivity contribution in [3.63, 3.8) is 0 Å². The molecule has 0 spiro atoms. The fraction of sp³-hybridized carbons (Fsp3) is 0.417. The van der Waals surface area contributed by atoms with Gasteiger partial charge in [-0.2, -0.15) is 0 Å². The van der Waals surface area contributed by atoms with Crippen molar-refractivity contribution in [1.82, 2.24) is 5.32 Å². The molecule has 1 aliphatic rings. The van der Waals surface area contributed by atoms with E-state index in [-0.39, 0.29) is 18.4 Å². The molecule has 1 aromatic carbocycles. The van der Waals surface area contributed by atoms with Gasteiger partial charge in [-0.3, -0.25) is 0 Å². The van der Waals surface area contributed by atoms with E-state index in [2.05, 4.69) is 17.0 Å². The summed E-state index contributed by atoms with van der Waals surface area (Å²) in [7, 11) is 1.37. The standard InChI is InChI=1S/C12H15NO3.ClH/c1-8-7-16-11-5-9(12(14)15-2)3-4-10(11)6-13-8;/h3-5,8,13H,6-7H2,1-2H3;1H/t8-;/m0./s1. The van der Waals surface area contributed by atoms with Crippen molar-refractivity contribution in [3.8, 4) is 5.75 Å². The summed E-state index contributed by atoms with van der Waals surface area (Å²) in [5.74, 6) is 0.427. The Morgan fingerprint density at radius 3 is 3.00 bits per heavy atom. The average Bonchev–Trinajstić information content (AvgIpc) is 2.50. The third-order valence-electron chi connectivity index (χ3n) is 2.62. The number of methoxy groups -OCH3 is 1. The lowest BCUT2D eigenvalue weighted by Crippen LogP contribution is -2.28. The van der Waals surface area contributed by atoms with Crippen molar-refractivity contribution >= 4 is 18.4 Å². The largest absolute Gasteiger partial charge is 0.492 e. The predicted octanol–water partition coefficient (Wildman–Crippen LogP) is 1.77. The van der Waals surface area contributed by atoms with Crippen LogP contribution in [0.15, 0.2) is 18.2 Å². The molecule has 0 aromatic heterocycles. The first-order valence-electron chi connectivity index (χ1n) is 5.28. The molecule has 17 heavy (non-hydrogen) atoms. The van der Waals surface area contributed by atoms with Crippen molar-refractivity contribution in [2.75, 3.05) is 13.7 Å². The molecule has 0 radical (unpaired) electrons. The number of benzene rings is 1. The molecule has 0 bridgehead atoms. The molecule has 0 unspecified atom stereocenters. The summed E-state index contributed by atoms with van der Waals surface area (Å²) in [6, 6.07) is 5.70. The van der Waals surface area contributed by atoms with Gasteiger partial charge in [0.15, 0.2) is 0 Å². The molecule has 0 aliphatic carbocycles. The molecule has 1 aromatic rings. The summed E-state index contributed by atoms with van der Waals surface area (Å²) in [5.41, 5.74) is 1.59. The van der Waals surface area contributed by atoms with E-state index in [0.29, 0.717) is 18.2 Å². The minimum atomic E-state index is -0.336. The molecule has 1 atom stereocenters. The van der Waals surface area contributed by atoms with Gasteiger partial charge in [0.25, 0.3) is 0 Å². The summed E-state index contributed by atoms with van der Waals surface area (Å²) in [6.07, 6.45) is 0. The normalized spacial score (nSPS) is 18.1. The average molecular weight is 258 g/mol. The lowest BCUT2D eigenvalue weighted by molar-refractivity contribution is 0.0600. The van der Waals surface area contributed by atoms with Crippen LogP contribution in [0.4, 0.5) is 0 Å². The minimum Gasteiger partial charge on any atom is -0.492 e. The molecule has 5 heteroatoms. The lowest BCUT2D eigenvalue weighted by Gasteiger charge is -2.08. The Morgan fingerprint density at radius 1 is 1.53 bits per heavy atom. The molecule has 0 amide bonds. The van der Waals surface area contributed by atoms with Crippen LogP contribution in [0.2, 0.25) is 0 Å². The molecule has 0 fully saturated rings. The highest BCUT2D eigenvalue weighted by Gasteiger charge is 2.15. The van der Waals surface area contributed by atoms with Gasteiger partial charge in [-0.05, 0) is 19.1 Å². The molecule has 1 N–H and O–H groups in total. The van der Waals surface area contributed by atoms with Crippen molar-refractivity contribution < 1.29 is 14.3 Å². The topological polar surface area (TPSA) is 47.6 Å². The van der Waals surface area contributed by atoms with Crippen LogP contribution in [-0.2, 0) is 11.3 Å². The fourth-order valence-corrected chi connectivity index (χ4v) is 1.64. The SMILES string of the molecule is COC(=O)c1ccc2c(c1)OC[C@H](C)NC2.Cl. The van der Waals surface area contributed by atoms with E-state index in [4.69, 9.17) is 4.74 Å². The Hall–Kier alpha value is -1.26. The first kappa shape index (κ1) is 13.8. The predicted molar refractivity (Wildman–Crippen MR) is 66.8 cm³/mol. The van der Waals surface area contributed by atoms with E-state index in [1.54, 1.807) is 12.1 Å². The number of ether oxygens (including phenoxy) is 2. The Balaban J connectivity index is 0.00000144. The highest BCUT2D eigenvalue weighted by atomic mass is 35.5. The minimum absolute atomic E-state index is 0. The van der Waals surface area contributed by atoms with E-state index in [9.17, 15) is 4.79 Å². The summed E-state index contributed by atoms with van der Waals surface area (Å²) < 4.78 is 10.3. The highest BCUT2D eigenvalue weighted by molar-refractivity contribution is 5.89. The third kappa shape index (κ3) is 3.11. The van der Waals surface area contributed by atoms with Crippen LogP contribution in [0, 0.1) is 0 Å². The van der Waals surface area contributed by atoms with Crippen LogP contribution < -0.4 is 10.1 Å². The van der Waals surface area contributed by atoms with Crippen molar-refractivity contribution in [2.24, 2.45) is 0 Å². The van der Waals surface area contributed by atoms with Crippen LogP contribution >= 0.6 is 12.4 Å². The molecule has 0 saturated carbocycles. The smallest absolute Gasteiger partial charge is 0.337 e. The quantitative estimate of drug-likeness (QED) is 0.779. The number of hydrogen-bond donors (Lipinski definition) is 1. The Labute approximate surface area is 107 Å². The van der Waals surface area contributed by atoms with E-state index < -0.39 is 0 Å². The summed E-state index contributed by atoms with van der Waals surface area (Å²) in [4.78, 5) is 11.4. The lowest BCUT2D eigenvalue weighted by atomic mass is 10.1. The second-order valence-electron chi connectivity index (χ2n) is 3.91. The molecular weight excluding hydrogens is 242 g/mol. The molecule has 94 valence electrons. The van der Waals surface area contributed by atoms with Gasteiger partial charge in [0, 0.05) is 18.2 Å². The summed E-state index contributed by atoms with van der Waals surface area (Å²) in [5, 5.41) is 3.32. The van der Waals surface area contributed by atoms with Gasteiger partial charge in [-0.25, -0.2) is 4.79 Å². The van der Waals surface area contributed by atoms with Gasteiger partial charge in [-0.15, -0.1) is 12.4 Å². The first-order valence-corrected chi connectivity index (χ1v) is 5.28. The molecular formula is C12H16ClNO3. The monoisotopic (exact) mass is 257 g/mol. The zero-order valence-corrected chi connectivity index (χ0v) is 10.7. The summed E-state index contributed by atoms with van der Waals surface area (Å²) >= 11 is 0. The molecule has 1 heterocycles. The van der Waals surface area contributed by atoms with Crippen LogP contribution in [0.3, 0.4) is 0 Å². The number of carbonyl (C=O) groups excluding carboxylic acids is 1. The zero-order valence-electron chi connectivity index (χ0n) is 9.86. The van der Waals surface area contributed by atoms with Gasteiger partial charge in [-0.1, -0.05) is 6.07 Å². The number of halogens is 1. The number of carbonyl (C=O) groups is 1. The third-order valence-corrected chi connectivity index (χ3v) is 2.62. The Morgan fingerprint density at radius 2 is 2.29 bits per heavy atom. The van der Waals surface area contributed by atoms with E-state index in [0.717, 1.165) is 17.9 Å². The molecule has 0 saturated heterocycles. The highest BCUT2D eigenvalue weighted by Crippen LogP contribution is 2.23. The molecule has 2 rings (SSSR count). The Kier molecular flexibility index (Phi) is 4.78. The van der Waals surface area contributed by atoms with Gasteiger partial charge in [0.2, 0.25) is 0 Å². The zero-order chi connectivity index (χ0) is 11.5. The number of nitrogens with one attached hydrogen (secondary N) is 1. The number of rotatable bonds is 1. The fourth-order valence-electron chi connectivity index (χ4n) is 1.64. The van der Waals surface area contributed by atoms with E-state index in [1.165, 1.54) is 7.11 Å². The second kappa shape index (κ2) is 5.89. The number of esters is 1. The van der Waals surface area contributed by atoms with E-state index >= 15 is 0 Å². The maximum Gasteiger partial charge on any atom is 0.337 e. The maximum absolute atomic E-state index is 11.4. The van der Waals surface area contributed by atoms with Gasteiger partial charge < -0.3 is 14.8 Å². The Bertz CT molecular complexity index is 409. The van der Waals surface area contributed by atoms with Crippen LogP contribution in [0.25, 0.3) is 0 Å². The van der Waals surface area contributed by atoms with Crippen molar-refractivity contribution in [1.29, 1.82) is 0 Å². The maximum atomic E-state index is 11.4. The molecule has 1 aliphatic heterocycles. The van der Waals surface area contributed by atoms with Crippen molar-refractivity contribution in [3.05, 3.63) is 29.3 Å². The van der Waals surface area contributed by atoms with E-state index in [1.807, 2.05) is 6.07 Å². The van der Waals surface area contributed by atoms with Crippen LogP contribution in [0.1, 0.15) is 22.8 Å². The van der Waals surface area contributed by atoms with Crippen LogP contribution in [-0.4, -0.2) is 25.7 Å². The summed E-state index contributed by atoms with van der Waals surface area (Å²) in [6.45, 7) is 3.43. The first-order chi connectivity index (χ1) is 7.70. The second-order valence-corrected chi connectivity index (χ2v) is 3.91. The number of fused-ring (bicyclic) bond motifs is 1. The molecule has 4 nitrogen and oxygen atoms in total. The number of hydrogen-bond acceptors (Lipinski definition) is 4. The van der Waals surface area contributed by atoms with Crippen molar-refractivity contribution in [2.45, 2.75) is 19.5 Å². The van der Waals surface area contributed by atoms with Crippen LogP contribution in [0.5, 0.6) is 5.75 Å². The van der Waals surface area contributed by atoms with Gasteiger partial charge in [0.05, 0.1) is 12.7 Å².